The second-order valence-electron chi connectivity index (χ2n) is 8.29. The number of amides is 2. The zero-order valence-electron chi connectivity index (χ0n) is 18.9. The summed E-state index contributed by atoms with van der Waals surface area (Å²) in [6.45, 7) is 1.12. The summed E-state index contributed by atoms with van der Waals surface area (Å²) in [7, 11) is 1.46. The Morgan fingerprint density at radius 3 is 2.74 bits per heavy atom. The van der Waals surface area contributed by atoms with Crippen molar-refractivity contribution in [2.75, 3.05) is 32.1 Å². The van der Waals surface area contributed by atoms with Gasteiger partial charge in [0.25, 0.3) is 5.69 Å². The molecule has 182 valence electrons. The van der Waals surface area contributed by atoms with Crippen molar-refractivity contribution in [2.24, 2.45) is 0 Å². The van der Waals surface area contributed by atoms with Crippen LogP contribution in [0.4, 0.5) is 21.0 Å². The third kappa shape index (κ3) is 5.42. The van der Waals surface area contributed by atoms with Crippen LogP contribution in [0.25, 0.3) is 0 Å². The Balaban J connectivity index is 1.33. The summed E-state index contributed by atoms with van der Waals surface area (Å²) in [5.74, 6) is 0.443. The molecule has 0 unspecified atom stereocenters. The number of benzene rings is 2. The van der Waals surface area contributed by atoms with Crippen molar-refractivity contribution in [2.45, 2.75) is 25.0 Å². The average molecular weight is 481 g/mol. The van der Waals surface area contributed by atoms with Crippen molar-refractivity contribution in [3.63, 3.8) is 0 Å². The average Bonchev–Trinajstić information content (AvgIpc) is 3.14. The van der Waals surface area contributed by atoms with Gasteiger partial charge in [-0.15, -0.1) is 5.06 Å². The molecule has 2 aliphatic rings. The number of methoxy groups -OCH3 is 1. The van der Waals surface area contributed by atoms with E-state index < -0.39 is 22.7 Å². The molecular weight excluding hydrogens is 458 g/mol. The summed E-state index contributed by atoms with van der Waals surface area (Å²) in [6, 6.07) is 12.7. The van der Waals surface area contributed by atoms with Crippen LogP contribution in [0.15, 0.2) is 42.5 Å². The fraction of sp³-hybridized carbons (Fsp3) is 0.348. The number of nitriles is 1. The summed E-state index contributed by atoms with van der Waals surface area (Å²) in [6.07, 6.45) is -0.307. The second-order valence-corrected chi connectivity index (χ2v) is 8.29. The quantitative estimate of drug-likeness (QED) is 0.484. The Labute approximate surface area is 200 Å². The van der Waals surface area contributed by atoms with Gasteiger partial charge < -0.3 is 14.3 Å². The minimum Gasteiger partial charge on any atom is -0.496 e. The number of nitrogens with one attached hydrogen (secondary N) is 1. The number of anilines is 1. The number of ether oxygens (including phenoxy) is 2. The van der Waals surface area contributed by atoms with Gasteiger partial charge in [0.2, 0.25) is 0 Å². The van der Waals surface area contributed by atoms with Gasteiger partial charge in [-0.1, -0.05) is 6.07 Å². The van der Waals surface area contributed by atoms with Crippen molar-refractivity contribution in [3.05, 3.63) is 63.7 Å². The first-order valence-electron chi connectivity index (χ1n) is 10.8. The molecule has 0 bridgehead atoms. The van der Waals surface area contributed by atoms with Crippen molar-refractivity contribution in [3.8, 4) is 11.8 Å². The molecule has 12 heteroatoms. The summed E-state index contributed by atoms with van der Waals surface area (Å²) in [5, 5.41) is 24.2. The smallest absolute Gasteiger partial charge is 0.430 e. The molecule has 0 radical (unpaired) electrons. The van der Waals surface area contributed by atoms with Crippen LogP contribution in [0, 0.1) is 21.4 Å². The lowest BCUT2D eigenvalue weighted by Gasteiger charge is -2.36. The number of hydrogen-bond donors (Lipinski definition) is 1. The molecular formula is C23H23N5O7. The summed E-state index contributed by atoms with van der Waals surface area (Å²) < 4.78 is 11.0. The zero-order valence-corrected chi connectivity index (χ0v) is 18.9. The van der Waals surface area contributed by atoms with Gasteiger partial charge in [-0.05, 0) is 24.3 Å². The SMILES string of the molecule is COc1ccc([N+](=O)[O-])cc1CN1CC2(CCN(OC(=O)Nc3cccc(C#N)c3)CC2)OC1=O. The lowest BCUT2D eigenvalue weighted by Crippen LogP contribution is -2.47. The van der Waals surface area contributed by atoms with E-state index in [9.17, 15) is 19.7 Å². The highest BCUT2D eigenvalue weighted by atomic mass is 16.7. The van der Waals surface area contributed by atoms with E-state index in [1.54, 1.807) is 18.2 Å². The van der Waals surface area contributed by atoms with Crippen LogP contribution < -0.4 is 10.1 Å². The topological polar surface area (TPSA) is 147 Å². The number of nitro groups is 1. The molecule has 4 rings (SSSR count). The number of rotatable bonds is 6. The monoisotopic (exact) mass is 481 g/mol. The van der Waals surface area contributed by atoms with Crippen molar-refractivity contribution < 1.29 is 28.8 Å². The van der Waals surface area contributed by atoms with Gasteiger partial charge in [0, 0.05) is 49.3 Å². The van der Waals surface area contributed by atoms with E-state index in [0.29, 0.717) is 55.0 Å². The lowest BCUT2D eigenvalue weighted by atomic mass is 9.92. The third-order valence-electron chi connectivity index (χ3n) is 5.96. The van der Waals surface area contributed by atoms with Gasteiger partial charge in [0.1, 0.15) is 11.4 Å². The van der Waals surface area contributed by atoms with Gasteiger partial charge in [-0.2, -0.15) is 5.26 Å². The van der Waals surface area contributed by atoms with Crippen LogP contribution in [0.2, 0.25) is 0 Å². The number of nitrogens with zero attached hydrogens (tertiary/aromatic N) is 4. The molecule has 2 aliphatic heterocycles. The van der Waals surface area contributed by atoms with E-state index in [2.05, 4.69) is 5.32 Å². The van der Waals surface area contributed by atoms with Crippen LogP contribution in [0.3, 0.4) is 0 Å². The normalized spacial score (nSPS) is 16.9. The number of non-ortho nitro benzene ring substituents is 1. The highest BCUT2D eigenvalue weighted by Gasteiger charge is 2.47. The molecule has 0 saturated carbocycles. The first kappa shape index (κ1) is 23.8. The predicted octanol–water partition coefficient (Wildman–Crippen LogP) is 3.43. The van der Waals surface area contributed by atoms with Crippen LogP contribution in [0.1, 0.15) is 24.0 Å². The number of carbonyl (C=O) groups excluding carboxylic acids is 2. The Kier molecular flexibility index (Phi) is 6.70. The Bertz CT molecular complexity index is 1190. The Morgan fingerprint density at radius 2 is 2.06 bits per heavy atom. The second kappa shape index (κ2) is 9.86. The third-order valence-corrected chi connectivity index (χ3v) is 5.96. The van der Waals surface area contributed by atoms with Crippen LogP contribution in [0.5, 0.6) is 5.75 Å². The maximum absolute atomic E-state index is 12.6. The Hall–Kier alpha value is -4.37. The number of carbonyl (C=O) groups is 2. The Morgan fingerprint density at radius 1 is 1.29 bits per heavy atom. The molecule has 2 aromatic rings. The summed E-state index contributed by atoms with van der Waals surface area (Å²) in [5.41, 5.74) is 0.542. The molecule has 2 heterocycles. The van der Waals surface area contributed by atoms with Crippen molar-refractivity contribution >= 4 is 23.6 Å². The fourth-order valence-corrected chi connectivity index (χ4v) is 4.19. The fourth-order valence-electron chi connectivity index (χ4n) is 4.19. The largest absolute Gasteiger partial charge is 0.496 e. The molecule has 2 amide bonds. The van der Waals surface area contributed by atoms with Crippen LogP contribution in [-0.2, 0) is 16.1 Å². The van der Waals surface area contributed by atoms with E-state index in [0.717, 1.165) is 0 Å². The molecule has 2 saturated heterocycles. The maximum Gasteiger partial charge on any atom is 0.430 e. The minimum atomic E-state index is -0.734. The molecule has 0 aromatic heterocycles. The van der Waals surface area contributed by atoms with Gasteiger partial charge in [0.15, 0.2) is 0 Å². The van der Waals surface area contributed by atoms with Crippen LogP contribution in [-0.4, -0.2) is 59.4 Å². The van der Waals surface area contributed by atoms with Gasteiger partial charge in [0.05, 0.1) is 36.8 Å². The van der Waals surface area contributed by atoms with Gasteiger partial charge >= 0.3 is 12.2 Å². The molecule has 2 fully saturated rings. The molecule has 0 aliphatic carbocycles. The molecule has 1 spiro atoms. The van der Waals surface area contributed by atoms with E-state index in [1.807, 2.05) is 6.07 Å². The van der Waals surface area contributed by atoms with Crippen molar-refractivity contribution in [1.82, 2.24) is 9.96 Å². The molecule has 35 heavy (non-hydrogen) atoms. The number of nitro benzene ring substituents is 1. The van der Waals surface area contributed by atoms with Gasteiger partial charge in [-0.3, -0.25) is 20.3 Å². The number of hydrogen-bond acceptors (Lipinski definition) is 9. The lowest BCUT2D eigenvalue weighted by molar-refractivity contribution is -0.384. The highest BCUT2D eigenvalue weighted by Crippen LogP contribution is 2.35. The van der Waals surface area contributed by atoms with Crippen LogP contribution >= 0.6 is 0 Å². The predicted molar refractivity (Wildman–Crippen MR) is 121 cm³/mol. The number of piperidine rings is 1. The zero-order chi connectivity index (χ0) is 25.0. The first-order chi connectivity index (χ1) is 16.8. The van der Waals surface area contributed by atoms with Crippen molar-refractivity contribution in [1.29, 1.82) is 5.26 Å². The first-order valence-corrected chi connectivity index (χ1v) is 10.8. The molecule has 1 N–H and O–H groups in total. The van der Waals surface area contributed by atoms with E-state index in [4.69, 9.17) is 19.6 Å². The van der Waals surface area contributed by atoms with E-state index in [1.165, 1.54) is 41.3 Å². The van der Waals surface area contributed by atoms with E-state index in [-0.39, 0.29) is 12.2 Å². The number of hydroxylamine groups is 2. The molecule has 12 nitrogen and oxygen atoms in total. The highest BCUT2D eigenvalue weighted by molar-refractivity contribution is 5.84. The van der Waals surface area contributed by atoms with E-state index >= 15 is 0 Å². The molecule has 2 aromatic carbocycles. The summed E-state index contributed by atoms with van der Waals surface area (Å²) >= 11 is 0. The minimum absolute atomic E-state index is 0.0915. The summed E-state index contributed by atoms with van der Waals surface area (Å²) in [4.78, 5) is 42.3. The van der Waals surface area contributed by atoms with Gasteiger partial charge in [-0.25, -0.2) is 9.59 Å². The maximum atomic E-state index is 12.6. The standard InChI is InChI=1S/C23H23N5O7/c1-33-20-6-5-19(28(31)32)12-17(20)14-26-15-23(34-22(26)30)7-9-27(10-8-23)35-21(29)25-18-4-2-3-16(11-18)13-24/h2-6,11-12H,7-10,14-15H2,1H3,(H,25,29). The molecule has 0 atom stereocenters.